The van der Waals surface area contributed by atoms with Gasteiger partial charge in [-0.25, -0.2) is 9.97 Å². The molecule has 14 rings (SSSR count). The summed E-state index contributed by atoms with van der Waals surface area (Å²) in [5.41, 5.74) is 14.6. The van der Waals surface area contributed by atoms with Gasteiger partial charge in [-0.1, -0.05) is 121 Å². The molecule has 0 saturated heterocycles. The maximum Gasteiger partial charge on any atom is 0.236 e. The second-order valence-electron chi connectivity index (χ2n) is 15.3. The lowest BCUT2D eigenvalue weighted by Crippen LogP contribution is -2.03. The van der Waals surface area contributed by atoms with E-state index in [0.29, 0.717) is 11.5 Å². The van der Waals surface area contributed by atoms with Crippen LogP contribution in [0.3, 0.4) is 0 Å². The molecule has 0 atom stereocenters. The molecule has 58 heavy (non-hydrogen) atoms. The highest BCUT2D eigenvalue weighted by Crippen LogP contribution is 2.52. The number of benzene rings is 8. The average molecular weight is 757 g/mol. The molecule has 5 aromatic heterocycles. The first-order valence-corrected chi connectivity index (χ1v) is 20.4. The molecular formula is C52H28N4OS. The van der Waals surface area contributed by atoms with Crippen molar-refractivity contribution in [2.75, 3.05) is 0 Å². The number of hydrogen-bond acceptors (Lipinski definition) is 4. The van der Waals surface area contributed by atoms with Gasteiger partial charge in [0.05, 0.1) is 27.8 Å². The maximum absolute atomic E-state index is 6.66. The highest BCUT2D eigenvalue weighted by molar-refractivity contribution is 7.25. The zero-order valence-electron chi connectivity index (χ0n) is 30.8. The van der Waals surface area contributed by atoms with Crippen molar-refractivity contribution in [3.05, 3.63) is 170 Å². The minimum atomic E-state index is 0.608. The van der Waals surface area contributed by atoms with E-state index in [1.165, 1.54) is 75.3 Å². The molecule has 5 nitrogen and oxygen atoms in total. The van der Waals surface area contributed by atoms with E-state index in [2.05, 4.69) is 167 Å². The molecular weight excluding hydrogens is 729 g/mol. The summed E-state index contributed by atoms with van der Waals surface area (Å²) in [6.07, 6.45) is 0. The number of fused-ring (bicyclic) bond motifs is 18. The lowest BCUT2D eigenvalue weighted by molar-refractivity contribution is 0.666. The summed E-state index contributed by atoms with van der Waals surface area (Å²) in [5.74, 6) is 0.608. The average Bonchev–Trinajstić information content (AvgIpc) is 4.01. The fraction of sp³-hybridized carbons (Fsp3) is 0. The third-order valence-corrected chi connectivity index (χ3v) is 13.4. The molecule has 6 heterocycles. The number of nitrogens with zero attached hydrogens (tertiary/aromatic N) is 4. The molecule has 8 aromatic carbocycles. The minimum absolute atomic E-state index is 0.608. The van der Waals surface area contributed by atoms with Gasteiger partial charge in [-0.15, -0.1) is 11.3 Å². The first-order valence-electron chi connectivity index (χ1n) is 19.6. The van der Waals surface area contributed by atoms with E-state index in [4.69, 9.17) is 14.4 Å². The standard InChI is InChI=1S/C52H28N4OS/c1-2-17-35-30(13-1)31-14-3-8-20-39(31)55-40-21-9-4-15-32(40)38-28-42-46(47(35)50(38)55)36-18-5-10-22-41(36)56(42)52-53-48(51-49(54-52)37-19-6-11-23-43(37)57-51)29-25-26-34-33-16-7-12-24-44(33)58-45(34)27-29/h1-28H. The van der Waals surface area contributed by atoms with E-state index < -0.39 is 0 Å². The lowest BCUT2D eigenvalue weighted by atomic mass is 9.91. The Hall–Kier alpha value is -7.54. The van der Waals surface area contributed by atoms with E-state index in [0.717, 1.165) is 44.2 Å². The molecule has 0 aliphatic carbocycles. The van der Waals surface area contributed by atoms with Crippen LogP contribution in [0.5, 0.6) is 0 Å². The Morgan fingerprint density at radius 1 is 0.466 bits per heavy atom. The van der Waals surface area contributed by atoms with E-state index >= 15 is 0 Å². The molecule has 0 radical (unpaired) electrons. The zero-order valence-corrected chi connectivity index (χ0v) is 31.6. The Morgan fingerprint density at radius 3 is 2.02 bits per heavy atom. The molecule has 0 spiro atoms. The second-order valence-corrected chi connectivity index (χ2v) is 16.4. The topological polar surface area (TPSA) is 48.8 Å². The van der Waals surface area contributed by atoms with Gasteiger partial charge in [0.1, 0.15) is 16.8 Å². The van der Waals surface area contributed by atoms with Crippen LogP contribution >= 0.6 is 11.3 Å². The second kappa shape index (κ2) is 11.1. The van der Waals surface area contributed by atoms with Crippen LogP contribution in [0, 0.1) is 0 Å². The van der Waals surface area contributed by atoms with Gasteiger partial charge >= 0.3 is 0 Å². The normalized spacial score (nSPS) is 12.5. The maximum atomic E-state index is 6.66. The predicted molar refractivity (Wildman–Crippen MR) is 241 cm³/mol. The van der Waals surface area contributed by atoms with Gasteiger partial charge < -0.3 is 8.98 Å². The summed E-state index contributed by atoms with van der Waals surface area (Å²) < 4.78 is 13.9. The van der Waals surface area contributed by atoms with Crippen molar-refractivity contribution in [2.45, 2.75) is 0 Å². The van der Waals surface area contributed by atoms with Gasteiger partial charge in [0, 0.05) is 63.8 Å². The monoisotopic (exact) mass is 756 g/mol. The van der Waals surface area contributed by atoms with Crippen LogP contribution in [0.1, 0.15) is 0 Å². The highest BCUT2D eigenvalue weighted by Gasteiger charge is 2.30. The molecule has 13 aromatic rings. The van der Waals surface area contributed by atoms with Crippen molar-refractivity contribution in [2.24, 2.45) is 0 Å². The fourth-order valence-corrected chi connectivity index (χ4v) is 11.0. The largest absolute Gasteiger partial charge is 0.452 e. The summed E-state index contributed by atoms with van der Waals surface area (Å²) in [5, 5.41) is 8.23. The summed E-state index contributed by atoms with van der Waals surface area (Å²) in [7, 11) is 0. The van der Waals surface area contributed by atoms with Gasteiger partial charge in [-0.2, -0.15) is 0 Å². The number of para-hydroxylation sites is 4. The van der Waals surface area contributed by atoms with E-state index in [9.17, 15) is 0 Å². The lowest BCUT2D eigenvalue weighted by Gasteiger charge is -2.12. The van der Waals surface area contributed by atoms with Crippen LogP contribution < -0.4 is 0 Å². The molecule has 1 aliphatic rings. The van der Waals surface area contributed by atoms with Crippen molar-refractivity contribution in [3.63, 3.8) is 0 Å². The quantitative estimate of drug-likeness (QED) is 0.176. The Balaban J connectivity index is 1.16. The van der Waals surface area contributed by atoms with Crippen LogP contribution in [-0.2, 0) is 0 Å². The smallest absolute Gasteiger partial charge is 0.236 e. The van der Waals surface area contributed by atoms with Crippen molar-refractivity contribution >= 4 is 97.2 Å². The highest BCUT2D eigenvalue weighted by atomic mass is 32.1. The number of hydrogen-bond donors (Lipinski definition) is 0. The molecule has 0 fully saturated rings. The van der Waals surface area contributed by atoms with Crippen molar-refractivity contribution in [1.29, 1.82) is 0 Å². The number of rotatable bonds is 2. The van der Waals surface area contributed by atoms with Crippen molar-refractivity contribution in [3.8, 4) is 45.1 Å². The third kappa shape index (κ3) is 3.89. The van der Waals surface area contributed by atoms with Crippen LogP contribution in [-0.4, -0.2) is 19.1 Å². The molecule has 6 heteroatoms. The first kappa shape index (κ1) is 30.7. The Bertz CT molecular complexity index is 3940. The van der Waals surface area contributed by atoms with Gasteiger partial charge in [0.15, 0.2) is 5.58 Å². The zero-order chi connectivity index (χ0) is 37.6. The van der Waals surface area contributed by atoms with E-state index in [-0.39, 0.29) is 0 Å². The number of thiophene rings is 1. The summed E-state index contributed by atoms with van der Waals surface area (Å²) in [6.45, 7) is 0. The van der Waals surface area contributed by atoms with Crippen LogP contribution in [0.15, 0.2) is 174 Å². The number of aromatic nitrogens is 4. The number of furan rings is 1. The fourth-order valence-electron chi connectivity index (χ4n) is 9.88. The summed E-state index contributed by atoms with van der Waals surface area (Å²) >= 11 is 1.81. The van der Waals surface area contributed by atoms with Gasteiger partial charge in [-0.05, 0) is 59.7 Å². The molecule has 0 bridgehead atoms. The minimum Gasteiger partial charge on any atom is -0.452 e. The third-order valence-electron chi connectivity index (χ3n) is 12.3. The van der Waals surface area contributed by atoms with E-state index in [1.54, 1.807) is 0 Å². The molecule has 0 unspecified atom stereocenters. The van der Waals surface area contributed by atoms with Crippen LogP contribution in [0.25, 0.3) is 131 Å². The van der Waals surface area contributed by atoms with Gasteiger partial charge in [0.2, 0.25) is 5.95 Å². The van der Waals surface area contributed by atoms with Gasteiger partial charge in [-0.3, -0.25) is 4.57 Å². The summed E-state index contributed by atoms with van der Waals surface area (Å²) in [6, 6.07) is 61.2. The van der Waals surface area contributed by atoms with Crippen LogP contribution in [0.4, 0.5) is 0 Å². The summed E-state index contributed by atoms with van der Waals surface area (Å²) in [4.78, 5) is 11.0. The Labute approximate surface area is 334 Å². The predicted octanol–water partition coefficient (Wildman–Crippen LogP) is 14.3. The molecule has 1 aliphatic heterocycles. The van der Waals surface area contributed by atoms with E-state index in [1.807, 2.05) is 23.5 Å². The molecule has 0 N–H and O–H groups in total. The van der Waals surface area contributed by atoms with Crippen molar-refractivity contribution < 1.29 is 4.42 Å². The van der Waals surface area contributed by atoms with Gasteiger partial charge in [0.25, 0.3) is 0 Å². The Kier molecular flexibility index (Phi) is 5.85. The van der Waals surface area contributed by atoms with Crippen LogP contribution in [0.2, 0.25) is 0 Å². The SMILES string of the molecule is c1ccc2c(c1)-c1ccccc1-n1c3ccccc3c3cc4c(c-2c31)c1ccccc1n4-c1nc(-c2ccc3c(c2)sc2ccccc23)c2oc3ccccc3c2n1. The molecule has 268 valence electrons. The Morgan fingerprint density at radius 2 is 1.14 bits per heavy atom. The molecule has 0 saturated carbocycles. The molecule has 0 amide bonds. The van der Waals surface area contributed by atoms with Crippen molar-refractivity contribution in [1.82, 2.24) is 19.1 Å². The first-order chi connectivity index (χ1) is 28.8.